The van der Waals surface area contributed by atoms with Crippen molar-refractivity contribution in [2.24, 2.45) is 0 Å². The molecule has 0 aliphatic rings. The van der Waals surface area contributed by atoms with Crippen LogP contribution < -0.4 is 10.1 Å². The van der Waals surface area contributed by atoms with E-state index in [1.54, 1.807) is 49.4 Å². The van der Waals surface area contributed by atoms with Gasteiger partial charge >= 0.3 is 0 Å². The van der Waals surface area contributed by atoms with Crippen LogP contribution in [0.15, 0.2) is 46.9 Å². The highest BCUT2D eigenvalue weighted by atomic mass is 79.9. The van der Waals surface area contributed by atoms with Crippen molar-refractivity contribution in [1.29, 1.82) is 0 Å². The Morgan fingerprint density at radius 1 is 1.17 bits per heavy atom. The van der Waals surface area contributed by atoms with Crippen molar-refractivity contribution in [3.63, 3.8) is 0 Å². The van der Waals surface area contributed by atoms with Gasteiger partial charge in [-0.15, -0.1) is 0 Å². The molecule has 4 nitrogen and oxygen atoms in total. The van der Waals surface area contributed by atoms with Gasteiger partial charge in [-0.25, -0.2) is 0 Å². The number of rotatable bonds is 6. The summed E-state index contributed by atoms with van der Waals surface area (Å²) >= 11 is 9.34. The first-order valence-electron chi connectivity index (χ1n) is 7.00. The lowest BCUT2D eigenvalue weighted by atomic mass is 10.1. The minimum absolute atomic E-state index is 0.0720. The highest BCUT2D eigenvalue weighted by Crippen LogP contribution is 2.27. The van der Waals surface area contributed by atoms with E-state index in [0.29, 0.717) is 28.4 Å². The Kier molecular flexibility index (Phi) is 6.19. The van der Waals surface area contributed by atoms with E-state index in [9.17, 15) is 9.59 Å². The fraction of sp³-hybridized carbons (Fsp3) is 0.176. The number of ketones is 1. The lowest BCUT2D eigenvalue weighted by Crippen LogP contribution is -2.12. The Labute approximate surface area is 147 Å². The third-order valence-electron chi connectivity index (χ3n) is 3.06. The van der Waals surface area contributed by atoms with Gasteiger partial charge < -0.3 is 10.1 Å². The summed E-state index contributed by atoms with van der Waals surface area (Å²) in [5, 5.41) is 3.16. The Hall–Kier alpha value is -1.85. The zero-order valence-corrected chi connectivity index (χ0v) is 14.8. The Morgan fingerprint density at radius 3 is 2.48 bits per heavy atom. The number of anilines is 1. The molecule has 0 atom stereocenters. The topological polar surface area (TPSA) is 55.4 Å². The third-order valence-corrected chi connectivity index (χ3v) is 3.85. The number of ether oxygens (including phenoxy) is 1. The van der Waals surface area contributed by atoms with Gasteiger partial charge in [0.15, 0.2) is 12.4 Å². The molecule has 0 aliphatic heterocycles. The van der Waals surface area contributed by atoms with Crippen LogP contribution in [0.4, 0.5) is 5.69 Å². The van der Waals surface area contributed by atoms with Crippen LogP contribution in [0.25, 0.3) is 0 Å². The van der Waals surface area contributed by atoms with Crippen molar-refractivity contribution in [3.05, 3.63) is 57.5 Å². The molecule has 23 heavy (non-hydrogen) atoms. The molecule has 1 amide bonds. The molecule has 6 heteroatoms. The maximum atomic E-state index is 12.1. The molecule has 0 radical (unpaired) electrons. The van der Waals surface area contributed by atoms with E-state index in [1.165, 1.54) is 0 Å². The molecule has 2 aromatic carbocycles. The molecule has 2 aromatic rings. The van der Waals surface area contributed by atoms with E-state index < -0.39 is 0 Å². The lowest BCUT2D eigenvalue weighted by molar-refractivity contribution is -0.115. The molecular weight excluding hydrogens is 382 g/mol. The fourth-order valence-electron chi connectivity index (χ4n) is 1.81. The molecule has 2 rings (SSSR count). The first-order valence-corrected chi connectivity index (χ1v) is 8.17. The summed E-state index contributed by atoms with van der Waals surface area (Å²) in [6.45, 7) is 1.67. The molecule has 120 valence electrons. The van der Waals surface area contributed by atoms with Crippen LogP contribution in [0.1, 0.15) is 23.7 Å². The highest BCUT2D eigenvalue weighted by Gasteiger charge is 2.09. The van der Waals surface area contributed by atoms with Gasteiger partial charge in [-0.1, -0.05) is 34.5 Å². The zero-order valence-electron chi connectivity index (χ0n) is 12.4. The zero-order chi connectivity index (χ0) is 16.8. The molecule has 0 aromatic heterocycles. The largest absolute Gasteiger partial charge is 0.484 e. The van der Waals surface area contributed by atoms with Crippen molar-refractivity contribution in [2.45, 2.75) is 13.3 Å². The minimum Gasteiger partial charge on any atom is -0.484 e. The van der Waals surface area contributed by atoms with Crippen molar-refractivity contribution in [3.8, 4) is 5.75 Å². The predicted molar refractivity (Wildman–Crippen MR) is 94.3 cm³/mol. The number of carbonyl (C=O) groups excluding carboxylic acids is 2. The lowest BCUT2D eigenvalue weighted by Gasteiger charge is -2.08. The Balaban J connectivity index is 1.96. The molecule has 0 spiro atoms. The number of halogens is 2. The van der Waals surface area contributed by atoms with Crippen molar-refractivity contribution >= 4 is 44.9 Å². The first kappa shape index (κ1) is 17.5. The quantitative estimate of drug-likeness (QED) is 0.719. The van der Waals surface area contributed by atoms with Crippen LogP contribution in [0.3, 0.4) is 0 Å². The average Bonchev–Trinajstić information content (AvgIpc) is 2.54. The fourth-order valence-corrected chi connectivity index (χ4v) is 2.54. The van der Waals surface area contributed by atoms with Crippen LogP contribution in [-0.4, -0.2) is 18.3 Å². The SMILES string of the molecule is CCC(=O)Nc1ccc(C(=O)COc2ccc(Br)cc2Cl)cc1. The molecule has 0 aliphatic carbocycles. The number of amides is 1. The highest BCUT2D eigenvalue weighted by molar-refractivity contribution is 9.10. The van der Waals surface area contributed by atoms with E-state index in [4.69, 9.17) is 16.3 Å². The van der Waals surface area contributed by atoms with Crippen molar-refractivity contribution < 1.29 is 14.3 Å². The molecule has 0 saturated heterocycles. The van der Waals surface area contributed by atoms with E-state index in [0.717, 1.165) is 4.47 Å². The van der Waals surface area contributed by atoms with E-state index in [2.05, 4.69) is 21.2 Å². The molecule has 1 N–H and O–H groups in total. The maximum Gasteiger partial charge on any atom is 0.224 e. The monoisotopic (exact) mass is 395 g/mol. The van der Waals surface area contributed by atoms with Crippen LogP contribution in [0.5, 0.6) is 5.75 Å². The van der Waals surface area contributed by atoms with Crippen molar-refractivity contribution in [2.75, 3.05) is 11.9 Å². The van der Waals surface area contributed by atoms with Gasteiger partial charge in [-0.2, -0.15) is 0 Å². The van der Waals surface area contributed by atoms with Crippen molar-refractivity contribution in [1.82, 2.24) is 0 Å². The van der Waals surface area contributed by atoms with Gasteiger partial charge in [0, 0.05) is 22.1 Å². The standard InChI is InChI=1S/C17H15BrClNO3/c1-2-17(22)20-13-6-3-11(4-7-13)15(21)10-23-16-8-5-12(18)9-14(16)19/h3-9H,2,10H2,1H3,(H,20,22). The summed E-state index contributed by atoms with van der Waals surface area (Å²) in [5.74, 6) is 0.213. The maximum absolute atomic E-state index is 12.1. The summed E-state index contributed by atoms with van der Waals surface area (Å²) in [4.78, 5) is 23.4. The smallest absolute Gasteiger partial charge is 0.224 e. The summed E-state index contributed by atoms with van der Waals surface area (Å²) in [5.41, 5.74) is 1.16. The second kappa shape index (κ2) is 8.13. The Bertz CT molecular complexity index is 716. The van der Waals surface area contributed by atoms with E-state index >= 15 is 0 Å². The van der Waals surface area contributed by atoms with Gasteiger partial charge in [-0.3, -0.25) is 9.59 Å². The van der Waals surface area contributed by atoms with E-state index in [-0.39, 0.29) is 18.3 Å². The normalized spacial score (nSPS) is 10.2. The van der Waals surface area contributed by atoms with Crippen LogP contribution in [-0.2, 0) is 4.79 Å². The van der Waals surface area contributed by atoms with Gasteiger partial charge in [0.05, 0.1) is 5.02 Å². The predicted octanol–water partition coefficient (Wildman–Crippen LogP) is 4.71. The van der Waals surface area contributed by atoms with Gasteiger partial charge in [0.25, 0.3) is 0 Å². The number of carbonyl (C=O) groups is 2. The molecule has 0 heterocycles. The first-order chi connectivity index (χ1) is 11.0. The second-order valence-electron chi connectivity index (χ2n) is 4.77. The summed E-state index contributed by atoms with van der Waals surface area (Å²) in [6.07, 6.45) is 0.405. The van der Waals surface area contributed by atoms with Gasteiger partial charge in [0.2, 0.25) is 5.91 Å². The second-order valence-corrected chi connectivity index (χ2v) is 6.09. The molecular formula is C17H15BrClNO3. The molecule has 0 saturated carbocycles. The van der Waals surface area contributed by atoms with Crippen LogP contribution >= 0.6 is 27.5 Å². The molecule has 0 bridgehead atoms. The third kappa shape index (κ3) is 5.08. The summed E-state index contributed by atoms with van der Waals surface area (Å²) < 4.78 is 6.29. The number of hydrogen-bond donors (Lipinski definition) is 1. The summed E-state index contributed by atoms with van der Waals surface area (Å²) in [7, 11) is 0. The Morgan fingerprint density at radius 2 is 1.87 bits per heavy atom. The van der Waals surface area contributed by atoms with Crippen LogP contribution in [0.2, 0.25) is 5.02 Å². The summed E-state index contributed by atoms with van der Waals surface area (Å²) in [6, 6.07) is 11.9. The van der Waals surface area contributed by atoms with Gasteiger partial charge in [0.1, 0.15) is 5.75 Å². The molecule has 0 unspecified atom stereocenters. The number of nitrogens with one attached hydrogen (secondary N) is 1. The van der Waals surface area contributed by atoms with E-state index in [1.807, 2.05) is 0 Å². The number of benzene rings is 2. The minimum atomic E-state index is -0.169. The molecule has 0 fully saturated rings. The van der Waals surface area contributed by atoms with Gasteiger partial charge in [-0.05, 0) is 42.5 Å². The van der Waals surface area contributed by atoms with Crippen LogP contribution in [0, 0.1) is 0 Å². The number of Topliss-reactive ketones (excluding diaryl/α,β-unsaturated/α-hetero) is 1. The average molecular weight is 397 g/mol. The number of hydrogen-bond acceptors (Lipinski definition) is 3.